The Morgan fingerprint density at radius 1 is 1.44 bits per heavy atom. The molecule has 4 nitrogen and oxygen atoms in total. The van der Waals surface area contributed by atoms with E-state index in [9.17, 15) is 0 Å². The Kier molecular flexibility index (Phi) is 4.45. The maximum Gasteiger partial charge on any atom is 0.392 e. The van der Waals surface area contributed by atoms with Gasteiger partial charge < -0.3 is 9.68 Å². The van der Waals surface area contributed by atoms with Gasteiger partial charge in [-0.1, -0.05) is 51.6 Å². The molecule has 0 radical (unpaired) electrons. The molecule has 0 N–H and O–H groups in total. The minimum atomic E-state index is -0.289. The lowest BCUT2D eigenvalue weighted by Gasteiger charge is -2.21. The summed E-state index contributed by atoms with van der Waals surface area (Å²) in [5.41, 5.74) is 2.19. The molecular weight excluding hydrogens is 226 g/mol. The first kappa shape index (κ1) is 13.7. The number of benzene rings is 1. The zero-order chi connectivity index (χ0) is 13.6. The Hall–Kier alpha value is -2.33. The number of hydrogen-bond acceptors (Lipinski definition) is 3. The normalized spacial score (nSPS) is 11.5. The van der Waals surface area contributed by atoms with Gasteiger partial charge in [0.25, 0.3) is 0 Å². The van der Waals surface area contributed by atoms with Crippen LogP contribution in [0.4, 0.5) is 0 Å². The van der Waals surface area contributed by atoms with Crippen molar-refractivity contribution in [1.82, 2.24) is 0 Å². The number of nitrogens with zero attached hydrogens (tertiary/aromatic N) is 3. The molecule has 0 atom stereocenters. The van der Waals surface area contributed by atoms with E-state index in [1.54, 1.807) is 6.07 Å². The van der Waals surface area contributed by atoms with Gasteiger partial charge in [-0.2, -0.15) is 0 Å². The van der Waals surface area contributed by atoms with Crippen LogP contribution in [0.25, 0.3) is 4.85 Å². The molecule has 1 rings (SSSR count). The highest BCUT2D eigenvalue weighted by Gasteiger charge is 2.17. The van der Waals surface area contributed by atoms with E-state index >= 15 is 0 Å². The number of nitriles is 1. The number of oxime groups is 1. The highest BCUT2D eigenvalue weighted by atomic mass is 16.6. The fraction of sp³-hybridized carbons (Fsp3) is 0.357. The lowest BCUT2D eigenvalue weighted by atomic mass is 9.84. The molecule has 1 aromatic carbocycles. The van der Waals surface area contributed by atoms with Crippen molar-refractivity contribution in [3.05, 3.63) is 46.8 Å². The van der Waals surface area contributed by atoms with Crippen LogP contribution in [-0.4, -0.2) is 5.84 Å². The topological polar surface area (TPSA) is 49.7 Å². The van der Waals surface area contributed by atoms with Crippen molar-refractivity contribution in [2.45, 2.75) is 32.8 Å². The molecule has 0 unspecified atom stereocenters. The van der Waals surface area contributed by atoms with Gasteiger partial charge in [0.2, 0.25) is 0 Å². The van der Waals surface area contributed by atoms with Crippen LogP contribution in [0.5, 0.6) is 0 Å². The highest BCUT2D eigenvalue weighted by Crippen LogP contribution is 2.26. The van der Waals surface area contributed by atoms with Crippen molar-refractivity contribution in [3.63, 3.8) is 0 Å². The number of hydrogen-bond donors (Lipinski definition) is 0. The molecule has 1 aromatic rings. The summed E-state index contributed by atoms with van der Waals surface area (Å²) in [4.78, 5) is 7.97. The van der Waals surface area contributed by atoms with Gasteiger partial charge in [0, 0.05) is 0 Å². The fourth-order valence-electron chi connectivity index (χ4n) is 1.61. The summed E-state index contributed by atoms with van der Waals surface area (Å²) in [6.45, 7) is 13.3. The molecule has 0 heterocycles. The lowest BCUT2D eigenvalue weighted by Crippen LogP contribution is -2.14. The minimum absolute atomic E-state index is 0.0154. The van der Waals surface area contributed by atoms with Crippen LogP contribution in [-0.2, 0) is 16.9 Å². The van der Waals surface area contributed by atoms with Crippen molar-refractivity contribution in [2.24, 2.45) is 5.16 Å². The molecule has 0 aromatic heterocycles. The molecule has 18 heavy (non-hydrogen) atoms. The Bertz CT molecular complexity index is 511. The van der Waals surface area contributed by atoms with E-state index in [0.717, 1.165) is 5.56 Å². The smallest absolute Gasteiger partial charge is 0.348 e. The Balaban J connectivity index is 2.85. The van der Waals surface area contributed by atoms with E-state index in [1.807, 2.05) is 24.3 Å². The summed E-state index contributed by atoms with van der Waals surface area (Å²) in [6, 6.07) is 9.56. The third kappa shape index (κ3) is 3.61. The monoisotopic (exact) mass is 241 g/mol. The predicted octanol–water partition coefficient (Wildman–Crippen LogP) is 3.26. The fourth-order valence-corrected chi connectivity index (χ4v) is 1.61. The highest BCUT2D eigenvalue weighted by molar-refractivity contribution is 6.03. The molecule has 0 aliphatic heterocycles. The summed E-state index contributed by atoms with van der Waals surface area (Å²) in [5.74, 6) is -0.289. The largest absolute Gasteiger partial charge is 0.392 e. The van der Waals surface area contributed by atoms with Crippen LogP contribution < -0.4 is 0 Å². The average molecular weight is 241 g/mol. The molecule has 0 saturated carbocycles. The van der Waals surface area contributed by atoms with Gasteiger partial charge in [0.1, 0.15) is 6.07 Å². The molecule has 0 aliphatic carbocycles. The molecule has 0 amide bonds. The van der Waals surface area contributed by atoms with Crippen LogP contribution in [0.3, 0.4) is 0 Å². The van der Waals surface area contributed by atoms with Crippen LogP contribution in [0, 0.1) is 17.9 Å². The SMILES string of the molecule is [C-]#[N+]/C(C#N)=N/OCc1ccccc1C(C)(C)C. The van der Waals surface area contributed by atoms with Crippen LogP contribution in [0.1, 0.15) is 31.9 Å². The number of rotatable bonds is 3. The summed E-state index contributed by atoms with van der Waals surface area (Å²) in [7, 11) is 0. The van der Waals surface area contributed by atoms with E-state index < -0.39 is 0 Å². The van der Waals surface area contributed by atoms with Crippen molar-refractivity contribution in [3.8, 4) is 6.07 Å². The zero-order valence-electron chi connectivity index (χ0n) is 10.8. The molecule has 4 heteroatoms. The second-order valence-electron chi connectivity index (χ2n) is 4.82. The minimum Gasteiger partial charge on any atom is -0.348 e. The summed E-state index contributed by atoms with van der Waals surface area (Å²) >= 11 is 0. The van der Waals surface area contributed by atoms with Crippen LogP contribution in [0.15, 0.2) is 29.4 Å². The maximum absolute atomic E-state index is 8.53. The van der Waals surface area contributed by atoms with E-state index in [-0.39, 0.29) is 17.9 Å². The van der Waals surface area contributed by atoms with Gasteiger partial charge in [-0.3, -0.25) is 0 Å². The molecule has 0 fully saturated rings. The first-order chi connectivity index (χ1) is 8.49. The van der Waals surface area contributed by atoms with Crippen molar-refractivity contribution in [1.29, 1.82) is 5.26 Å². The van der Waals surface area contributed by atoms with Gasteiger partial charge in [-0.25, -0.2) is 5.26 Å². The molecular formula is C14H15N3O. The Morgan fingerprint density at radius 2 is 2.11 bits per heavy atom. The summed E-state index contributed by atoms with van der Waals surface area (Å²) in [5, 5.41) is 12.0. The quantitative estimate of drug-likeness (QED) is 0.353. The third-order valence-electron chi connectivity index (χ3n) is 2.40. The summed E-state index contributed by atoms with van der Waals surface area (Å²) in [6.07, 6.45) is 0. The predicted molar refractivity (Wildman–Crippen MR) is 69.6 cm³/mol. The van der Waals surface area contributed by atoms with Gasteiger partial charge in [0.15, 0.2) is 6.61 Å². The standard InChI is InChI=1S/C14H15N3O/c1-14(2,3)12-8-6-5-7-11(12)10-18-17-13(9-15)16-4/h5-8H,10H2,1-3H3/b17-13+. The first-order valence-electron chi connectivity index (χ1n) is 5.55. The van der Waals surface area contributed by atoms with E-state index in [1.165, 1.54) is 5.56 Å². The molecule has 0 saturated heterocycles. The third-order valence-corrected chi connectivity index (χ3v) is 2.40. The second kappa shape index (κ2) is 5.84. The van der Waals surface area contributed by atoms with E-state index in [2.05, 4.69) is 30.8 Å². The van der Waals surface area contributed by atoms with Gasteiger partial charge in [0.05, 0.1) is 5.16 Å². The Labute approximate surface area is 107 Å². The van der Waals surface area contributed by atoms with Crippen LogP contribution in [0.2, 0.25) is 0 Å². The van der Waals surface area contributed by atoms with E-state index in [0.29, 0.717) is 0 Å². The number of amidine groups is 1. The van der Waals surface area contributed by atoms with Gasteiger partial charge in [-0.15, -0.1) is 0 Å². The summed E-state index contributed by atoms with van der Waals surface area (Å²) < 4.78 is 0. The van der Waals surface area contributed by atoms with Gasteiger partial charge in [-0.05, 0) is 16.5 Å². The molecule has 0 aliphatic rings. The zero-order valence-corrected chi connectivity index (χ0v) is 10.8. The van der Waals surface area contributed by atoms with Crippen molar-refractivity contribution >= 4 is 5.84 Å². The molecule has 0 bridgehead atoms. The van der Waals surface area contributed by atoms with Crippen molar-refractivity contribution < 1.29 is 4.84 Å². The molecule has 0 spiro atoms. The maximum atomic E-state index is 8.53. The Morgan fingerprint density at radius 3 is 2.67 bits per heavy atom. The second-order valence-corrected chi connectivity index (χ2v) is 4.82. The first-order valence-corrected chi connectivity index (χ1v) is 5.55. The lowest BCUT2D eigenvalue weighted by molar-refractivity contribution is 0.130. The van der Waals surface area contributed by atoms with Crippen LogP contribution >= 0.6 is 0 Å². The average Bonchev–Trinajstić information content (AvgIpc) is 2.34. The van der Waals surface area contributed by atoms with Crippen molar-refractivity contribution in [2.75, 3.05) is 0 Å². The van der Waals surface area contributed by atoms with Gasteiger partial charge >= 0.3 is 5.84 Å². The van der Waals surface area contributed by atoms with E-state index in [4.69, 9.17) is 16.7 Å². The molecule has 92 valence electrons.